The number of ether oxygens (including phenoxy) is 1. The van der Waals surface area contributed by atoms with Crippen molar-refractivity contribution >= 4 is 29.3 Å². The summed E-state index contributed by atoms with van der Waals surface area (Å²) >= 11 is 0. The van der Waals surface area contributed by atoms with Crippen LogP contribution < -0.4 is 10.6 Å². The number of Topliss-reactive ketones (excluding diaryl/α,β-unsaturated/α-hetero) is 1. The monoisotopic (exact) mass is 320 g/mol. The Balaban J connectivity index is 2.75. The summed E-state index contributed by atoms with van der Waals surface area (Å²) in [6, 6.07) is 5.34. The van der Waals surface area contributed by atoms with E-state index < -0.39 is 17.9 Å². The average molecular weight is 320 g/mol. The Morgan fingerprint density at radius 1 is 1.09 bits per heavy atom. The topological polar surface area (TPSA) is 102 Å². The molecule has 1 atom stereocenters. The Bertz CT molecular complexity index is 595. The molecule has 0 aliphatic carbocycles. The van der Waals surface area contributed by atoms with E-state index >= 15 is 0 Å². The second-order valence-electron chi connectivity index (χ2n) is 5.05. The van der Waals surface area contributed by atoms with E-state index in [1.54, 1.807) is 12.1 Å². The predicted molar refractivity (Wildman–Crippen MR) is 83.9 cm³/mol. The smallest absolute Gasteiger partial charge is 0.328 e. The number of anilines is 1. The summed E-state index contributed by atoms with van der Waals surface area (Å²) in [5.41, 5.74) is 0.894. The molecule has 0 radical (unpaired) electrons. The van der Waals surface area contributed by atoms with Gasteiger partial charge >= 0.3 is 5.97 Å². The molecule has 0 bridgehead atoms. The van der Waals surface area contributed by atoms with Crippen LogP contribution in [0.5, 0.6) is 0 Å². The highest BCUT2D eigenvalue weighted by Gasteiger charge is 2.22. The molecule has 0 aromatic heterocycles. The summed E-state index contributed by atoms with van der Waals surface area (Å²) in [7, 11) is 1.22. The lowest BCUT2D eigenvalue weighted by Gasteiger charge is -2.16. The van der Waals surface area contributed by atoms with Crippen LogP contribution in [0, 0.1) is 0 Å². The maximum Gasteiger partial charge on any atom is 0.328 e. The van der Waals surface area contributed by atoms with E-state index in [0.29, 0.717) is 11.3 Å². The molecule has 1 aromatic rings. The highest BCUT2D eigenvalue weighted by molar-refractivity contribution is 5.97. The molecule has 124 valence electrons. The first-order chi connectivity index (χ1) is 10.8. The number of amides is 2. The van der Waals surface area contributed by atoms with Gasteiger partial charge in [0.2, 0.25) is 5.91 Å². The number of ketones is 1. The third-order valence-corrected chi connectivity index (χ3v) is 3.04. The van der Waals surface area contributed by atoms with Gasteiger partial charge in [-0.05, 0) is 37.6 Å². The molecule has 0 aliphatic heterocycles. The van der Waals surface area contributed by atoms with Crippen LogP contribution in [0.1, 0.15) is 37.0 Å². The molecule has 0 heterocycles. The Labute approximate surface area is 134 Å². The van der Waals surface area contributed by atoms with E-state index in [-0.39, 0.29) is 24.5 Å². The number of benzene rings is 1. The summed E-state index contributed by atoms with van der Waals surface area (Å²) in [6.45, 7) is 2.80. The van der Waals surface area contributed by atoms with Crippen molar-refractivity contribution in [1.82, 2.24) is 5.32 Å². The van der Waals surface area contributed by atoms with Crippen molar-refractivity contribution < 1.29 is 23.9 Å². The standard InChI is InChI=1S/C16H20N2O5/c1-10(19)4-9-14(16(22)23-3)18-15(21)12-5-7-13(8-6-12)17-11(2)20/h5-8,14H,4,9H2,1-3H3,(H,17,20)(H,18,21)/t14-/m0/s1. The van der Waals surface area contributed by atoms with Crippen molar-refractivity contribution in [1.29, 1.82) is 0 Å². The third kappa shape index (κ3) is 6.29. The largest absolute Gasteiger partial charge is 0.467 e. The predicted octanol–water partition coefficient (Wildman–Crippen LogP) is 1.29. The number of methoxy groups -OCH3 is 1. The molecule has 0 saturated heterocycles. The minimum atomic E-state index is -0.883. The van der Waals surface area contributed by atoms with Crippen molar-refractivity contribution in [3.8, 4) is 0 Å². The summed E-state index contributed by atoms with van der Waals surface area (Å²) < 4.78 is 4.63. The van der Waals surface area contributed by atoms with Gasteiger partial charge in [-0.3, -0.25) is 9.59 Å². The Kier molecular flexibility index (Phi) is 6.92. The van der Waals surface area contributed by atoms with Crippen LogP contribution in [0.4, 0.5) is 5.69 Å². The number of hydrogen-bond acceptors (Lipinski definition) is 5. The third-order valence-electron chi connectivity index (χ3n) is 3.04. The number of esters is 1. The lowest BCUT2D eigenvalue weighted by atomic mass is 10.1. The van der Waals surface area contributed by atoms with Crippen LogP contribution >= 0.6 is 0 Å². The fourth-order valence-electron chi connectivity index (χ4n) is 1.89. The molecule has 1 aromatic carbocycles. The number of hydrogen-bond donors (Lipinski definition) is 2. The quantitative estimate of drug-likeness (QED) is 0.737. The fraction of sp³-hybridized carbons (Fsp3) is 0.375. The second kappa shape index (κ2) is 8.67. The van der Waals surface area contributed by atoms with Gasteiger partial charge in [-0.15, -0.1) is 0 Å². The molecule has 0 fully saturated rings. The zero-order chi connectivity index (χ0) is 17.4. The number of rotatable bonds is 7. The maximum absolute atomic E-state index is 12.2. The first-order valence-corrected chi connectivity index (χ1v) is 7.09. The van der Waals surface area contributed by atoms with Crippen LogP contribution in [0.15, 0.2) is 24.3 Å². The molecule has 1 rings (SSSR count). The van der Waals surface area contributed by atoms with Gasteiger partial charge in [0.25, 0.3) is 5.91 Å². The van der Waals surface area contributed by atoms with Crippen LogP contribution in [-0.4, -0.2) is 36.7 Å². The summed E-state index contributed by atoms with van der Waals surface area (Å²) in [6.07, 6.45) is 0.346. The van der Waals surface area contributed by atoms with Crippen molar-refractivity contribution in [2.45, 2.75) is 32.7 Å². The Morgan fingerprint density at radius 2 is 1.70 bits per heavy atom. The van der Waals surface area contributed by atoms with Gasteiger partial charge < -0.3 is 20.2 Å². The Hall–Kier alpha value is -2.70. The first-order valence-electron chi connectivity index (χ1n) is 7.09. The van der Waals surface area contributed by atoms with Crippen molar-refractivity contribution in [2.24, 2.45) is 0 Å². The van der Waals surface area contributed by atoms with E-state index in [2.05, 4.69) is 15.4 Å². The minimum absolute atomic E-state index is 0.0761. The van der Waals surface area contributed by atoms with Crippen LogP contribution in [-0.2, 0) is 19.1 Å². The van der Waals surface area contributed by atoms with E-state index in [1.165, 1.54) is 33.1 Å². The molecule has 7 nitrogen and oxygen atoms in total. The number of nitrogens with one attached hydrogen (secondary N) is 2. The van der Waals surface area contributed by atoms with Gasteiger partial charge in [0.15, 0.2) is 0 Å². The average Bonchev–Trinajstić information content (AvgIpc) is 2.50. The lowest BCUT2D eigenvalue weighted by molar-refractivity contribution is -0.143. The SMILES string of the molecule is COC(=O)[C@H](CCC(C)=O)NC(=O)c1ccc(NC(C)=O)cc1. The zero-order valence-corrected chi connectivity index (χ0v) is 13.3. The molecule has 0 unspecified atom stereocenters. The molecule has 0 spiro atoms. The molecule has 7 heteroatoms. The molecule has 0 aliphatic rings. The Morgan fingerprint density at radius 3 is 2.17 bits per heavy atom. The molecule has 2 amide bonds. The first kappa shape index (κ1) is 18.3. The van der Waals surface area contributed by atoms with Crippen LogP contribution in [0.25, 0.3) is 0 Å². The van der Waals surface area contributed by atoms with E-state index in [9.17, 15) is 19.2 Å². The summed E-state index contributed by atoms with van der Waals surface area (Å²) in [5.74, 6) is -1.35. The molecule has 0 saturated carbocycles. The van der Waals surface area contributed by atoms with Gasteiger partial charge in [-0.2, -0.15) is 0 Å². The van der Waals surface area contributed by atoms with Gasteiger partial charge in [0.05, 0.1) is 7.11 Å². The van der Waals surface area contributed by atoms with Crippen LogP contribution in [0.2, 0.25) is 0 Å². The maximum atomic E-state index is 12.2. The fourth-order valence-corrected chi connectivity index (χ4v) is 1.89. The molecule has 23 heavy (non-hydrogen) atoms. The van der Waals surface area contributed by atoms with Crippen molar-refractivity contribution in [2.75, 3.05) is 12.4 Å². The van der Waals surface area contributed by atoms with Gasteiger partial charge in [-0.25, -0.2) is 4.79 Å². The number of carbonyl (C=O) groups excluding carboxylic acids is 4. The van der Waals surface area contributed by atoms with Gasteiger partial charge in [0, 0.05) is 24.6 Å². The molecular weight excluding hydrogens is 300 g/mol. The van der Waals surface area contributed by atoms with Gasteiger partial charge in [0.1, 0.15) is 11.8 Å². The molecular formula is C16H20N2O5. The highest BCUT2D eigenvalue weighted by atomic mass is 16.5. The minimum Gasteiger partial charge on any atom is -0.467 e. The second-order valence-corrected chi connectivity index (χ2v) is 5.05. The van der Waals surface area contributed by atoms with Crippen molar-refractivity contribution in [3.05, 3.63) is 29.8 Å². The summed E-state index contributed by atoms with van der Waals surface area (Å²) in [5, 5.41) is 5.14. The zero-order valence-electron chi connectivity index (χ0n) is 13.3. The van der Waals surface area contributed by atoms with E-state index in [1.807, 2.05) is 0 Å². The van der Waals surface area contributed by atoms with E-state index in [4.69, 9.17) is 0 Å². The lowest BCUT2D eigenvalue weighted by Crippen LogP contribution is -2.41. The van der Waals surface area contributed by atoms with Gasteiger partial charge in [-0.1, -0.05) is 0 Å². The highest BCUT2D eigenvalue weighted by Crippen LogP contribution is 2.10. The summed E-state index contributed by atoms with van der Waals surface area (Å²) in [4.78, 5) is 45.8. The van der Waals surface area contributed by atoms with Crippen LogP contribution in [0.3, 0.4) is 0 Å². The van der Waals surface area contributed by atoms with E-state index in [0.717, 1.165) is 0 Å². The van der Waals surface area contributed by atoms with Crippen molar-refractivity contribution in [3.63, 3.8) is 0 Å². The number of carbonyl (C=O) groups is 4. The normalized spacial score (nSPS) is 11.3. The molecule has 2 N–H and O–H groups in total.